The maximum atomic E-state index is 14.8. The maximum absolute atomic E-state index is 14.8. The molecule has 0 spiro atoms. The molecule has 4 heterocycles. The van der Waals surface area contributed by atoms with Crippen LogP contribution in [0.2, 0.25) is 0 Å². The van der Waals surface area contributed by atoms with E-state index in [1.807, 2.05) is 0 Å². The molecule has 3 aromatic rings. The van der Waals surface area contributed by atoms with Crippen LogP contribution < -0.4 is 20.3 Å². The number of alkyl halides is 1. The van der Waals surface area contributed by atoms with Gasteiger partial charge in [-0.15, -0.1) is 0 Å². The number of hydrogen-bond acceptors (Lipinski definition) is 9. The van der Waals surface area contributed by atoms with E-state index < -0.39 is 18.2 Å². The number of oxazole rings is 1. The van der Waals surface area contributed by atoms with E-state index in [1.165, 1.54) is 18.7 Å². The molecular formula is C24H25FN6O5. The van der Waals surface area contributed by atoms with Gasteiger partial charge in [-0.2, -0.15) is 4.98 Å². The van der Waals surface area contributed by atoms with Gasteiger partial charge in [0.15, 0.2) is 11.9 Å². The maximum Gasteiger partial charge on any atom is 0.316 e. The molecule has 0 aliphatic carbocycles. The second-order valence-electron chi connectivity index (χ2n) is 8.49. The monoisotopic (exact) mass is 496 g/mol. The predicted octanol–water partition coefficient (Wildman–Crippen LogP) is 2.23. The Morgan fingerprint density at radius 3 is 2.72 bits per heavy atom. The van der Waals surface area contributed by atoms with Crippen LogP contribution in [0.3, 0.4) is 0 Å². The Morgan fingerprint density at radius 2 is 1.94 bits per heavy atom. The second-order valence-corrected chi connectivity index (χ2v) is 8.49. The first-order chi connectivity index (χ1) is 17.6. The van der Waals surface area contributed by atoms with Crippen molar-refractivity contribution < 1.29 is 27.9 Å². The quantitative estimate of drug-likeness (QED) is 0.505. The Hall–Kier alpha value is -4.06. The highest BCUT2D eigenvalue weighted by atomic mass is 19.1. The van der Waals surface area contributed by atoms with E-state index in [0.29, 0.717) is 37.4 Å². The number of para-hydroxylation sites is 1. The summed E-state index contributed by atoms with van der Waals surface area (Å²) in [6.07, 6.45) is 3.33. The van der Waals surface area contributed by atoms with Gasteiger partial charge in [-0.25, -0.2) is 14.4 Å². The van der Waals surface area contributed by atoms with E-state index in [0.717, 1.165) is 6.42 Å². The van der Waals surface area contributed by atoms with Crippen molar-refractivity contribution in [2.24, 2.45) is 0 Å². The summed E-state index contributed by atoms with van der Waals surface area (Å²) >= 11 is 0. The number of rotatable bonds is 7. The zero-order valence-electron chi connectivity index (χ0n) is 19.3. The lowest BCUT2D eigenvalue weighted by Gasteiger charge is -2.33. The Labute approximate surface area is 206 Å². The molecule has 0 radical (unpaired) electrons. The average Bonchev–Trinajstić information content (AvgIpc) is 3.59. The van der Waals surface area contributed by atoms with Crippen molar-refractivity contribution in [1.29, 1.82) is 0 Å². The Morgan fingerprint density at radius 1 is 1.11 bits per heavy atom. The fraction of sp³-hybridized carbons (Fsp3) is 0.375. The summed E-state index contributed by atoms with van der Waals surface area (Å²) in [5.41, 5.74) is 0.676. The molecule has 1 aromatic carbocycles. The molecule has 12 heteroatoms. The van der Waals surface area contributed by atoms with E-state index >= 15 is 0 Å². The molecule has 0 unspecified atom stereocenters. The van der Waals surface area contributed by atoms with Gasteiger partial charge in [0, 0.05) is 32.0 Å². The Balaban J connectivity index is 1.20. The van der Waals surface area contributed by atoms with E-state index in [9.17, 15) is 14.0 Å². The van der Waals surface area contributed by atoms with Gasteiger partial charge in [0.05, 0.1) is 30.4 Å². The minimum atomic E-state index is -1.33. The number of nitrogens with zero attached hydrogens (tertiary/aromatic N) is 4. The van der Waals surface area contributed by atoms with Gasteiger partial charge in [-0.05, 0) is 24.6 Å². The number of ether oxygens (including phenoxy) is 2. The van der Waals surface area contributed by atoms with Crippen molar-refractivity contribution in [3.63, 3.8) is 0 Å². The fourth-order valence-electron chi connectivity index (χ4n) is 4.07. The molecule has 5 rings (SSSR count). The number of carbonyl (C=O) groups is 2. The van der Waals surface area contributed by atoms with Gasteiger partial charge < -0.3 is 29.4 Å². The lowest BCUT2D eigenvalue weighted by atomic mass is 10.1. The van der Waals surface area contributed by atoms with Crippen LogP contribution in [0, 0.1) is 0 Å². The number of aromatic nitrogens is 3. The number of piperidine rings is 1. The molecule has 36 heavy (non-hydrogen) atoms. The van der Waals surface area contributed by atoms with Crippen molar-refractivity contribution in [1.82, 2.24) is 20.3 Å². The van der Waals surface area contributed by atoms with Crippen LogP contribution >= 0.6 is 0 Å². The van der Waals surface area contributed by atoms with Crippen molar-refractivity contribution in [2.75, 3.05) is 36.5 Å². The van der Waals surface area contributed by atoms with E-state index in [1.54, 1.807) is 35.2 Å². The van der Waals surface area contributed by atoms with Crippen LogP contribution in [0.4, 0.5) is 16.1 Å². The summed E-state index contributed by atoms with van der Waals surface area (Å²) in [5, 5.41) is 5.62. The normalized spacial score (nSPS) is 21.7. The van der Waals surface area contributed by atoms with Crippen LogP contribution in [0.15, 0.2) is 53.4 Å². The predicted molar refractivity (Wildman–Crippen MR) is 126 cm³/mol. The molecule has 188 valence electrons. The topological polar surface area (TPSA) is 132 Å². The Bertz CT molecular complexity index is 1200. The first-order valence-corrected chi connectivity index (χ1v) is 11.6. The number of amides is 2. The van der Waals surface area contributed by atoms with Gasteiger partial charge in [-0.1, -0.05) is 12.1 Å². The minimum absolute atomic E-state index is 0.0101. The molecule has 2 N–H and O–H groups in total. The lowest BCUT2D eigenvalue weighted by molar-refractivity contribution is 0.0723. The third-order valence-corrected chi connectivity index (χ3v) is 5.96. The summed E-state index contributed by atoms with van der Waals surface area (Å²) < 4.78 is 31.1. The summed E-state index contributed by atoms with van der Waals surface area (Å²) in [4.78, 5) is 39.3. The Kier molecular flexibility index (Phi) is 7.03. The molecule has 2 aromatic heterocycles. The van der Waals surface area contributed by atoms with E-state index in [4.69, 9.17) is 13.9 Å². The zero-order valence-corrected chi connectivity index (χ0v) is 19.3. The molecule has 11 nitrogen and oxygen atoms in total. The van der Waals surface area contributed by atoms with Crippen LogP contribution in [0.5, 0.6) is 6.01 Å². The third-order valence-electron chi connectivity index (χ3n) is 5.96. The van der Waals surface area contributed by atoms with Crippen LogP contribution in [0.25, 0.3) is 0 Å². The largest absolute Gasteiger partial charge is 0.457 e. The van der Waals surface area contributed by atoms with Crippen molar-refractivity contribution in [3.05, 3.63) is 60.2 Å². The highest BCUT2D eigenvalue weighted by Crippen LogP contribution is 2.24. The molecule has 2 amide bonds. The molecule has 2 aliphatic rings. The first-order valence-electron chi connectivity index (χ1n) is 11.6. The first kappa shape index (κ1) is 23.7. The summed E-state index contributed by atoms with van der Waals surface area (Å²) in [6, 6.07) is 8.54. The van der Waals surface area contributed by atoms with Crippen LogP contribution in [0.1, 0.15) is 33.7 Å². The third kappa shape index (κ3) is 5.43. The molecule has 2 fully saturated rings. The molecule has 2 aliphatic heterocycles. The van der Waals surface area contributed by atoms with Crippen molar-refractivity contribution in [3.8, 4) is 6.01 Å². The van der Waals surface area contributed by atoms with Gasteiger partial charge in [0.25, 0.3) is 17.8 Å². The smallest absolute Gasteiger partial charge is 0.316 e. The van der Waals surface area contributed by atoms with Gasteiger partial charge in [0.1, 0.15) is 12.4 Å². The minimum Gasteiger partial charge on any atom is -0.457 e. The molecule has 0 bridgehead atoms. The molecule has 2 saturated heterocycles. The summed E-state index contributed by atoms with van der Waals surface area (Å²) in [5.74, 6) is -0.854. The molecular weight excluding hydrogens is 471 g/mol. The number of hydrogen-bond donors (Lipinski definition) is 2. The van der Waals surface area contributed by atoms with Gasteiger partial charge in [0.2, 0.25) is 0 Å². The van der Waals surface area contributed by atoms with Gasteiger partial charge in [-0.3, -0.25) is 9.59 Å². The highest BCUT2D eigenvalue weighted by Gasteiger charge is 2.33. The summed E-state index contributed by atoms with van der Waals surface area (Å²) in [6.45, 7) is 1.46. The van der Waals surface area contributed by atoms with Crippen LogP contribution in [-0.2, 0) is 4.74 Å². The highest BCUT2D eigenvalue weighted by molar-refractivity contribution is 6.08. The molecule has 3 atom stereocenters. The number of anilines is 2. The van der Waals surface area contributed by atoms with Crippen LogP contribution in [-0.4, -0.2) is 71.4 Å². The number of benzene rings is 1. The second kappa shape index (κ2) is 10.7. The zero-order chi connectivity index (χ0) is 24.9. The van der Waals surface area contributed by atoms with E-state index in [2.05, 4.69) is 25.6 Å². The molecule has 0 saturated carbocycles. The number of carbonyl (C=O) groups excluding carboxylic acids is 2. The average molecular weight is 496 g/mol. The number of halogens is 1. The lowest BCUT2D eigenvalue weighted by Crippen LogP contribution is -2.47. The SMILES string of the molecule is O=C(Nc1ccccc1C(=O)N[C@H]1CCOC1)c1coc(N2CC[C@@H](Oc3ncccn3)[C@@H](F)C2)n1. The number of nitrogens with one attached hydrogen (secondary N) is 2. The van der Waals surface area contributed by atoms with Gasteiger partial charge >= 0.3 is 6.01 Å². The fourth-order valence-corrected chi connectivity index (χ4v) is 4.07. The van der Waals surface area contributed by atoms with E-state index in [-0.39, 0.29) is 36.2 Å². The van der Waals surface area contributed by atoms with Crippen molar-refractivity contribution in [2.45, 2.75) is 31.2 Å². The summed E-state index contributed by atoms with van der Waals surface area (Å²) in [7, 11) is 0. The van der Waals surface area contributed by atoms with Crippen molar-refractivity contribution >= 4 is 23.5 Å². The standard InChI is InChI=1S/C24H25FN6O5/c25-17-12-31(10-6-20(17)36-23-26-8-3-9-27-23)24-30-19(14-35-24)22(33)29-18-5-2-1-4-16(18)21(32)28-15-7-11-34-13-15/h1-5,8-9,14-15,17,20H,6-7,10-13H2,(H,28,32)(H,29,33)/t15-,17-,20+/m0/s1.